The van der Waals surface area contributed by atoms with Crippen molar-refractivity contribution in [2.75, 3.05) is 34.3 Å². The van der Waals surface area contributed by atoms with Crippen molar-refractivity contribution < 1.29 is 9.53 Å². The smallest absolute Gasteiger partial charge is 0.283 e. The Morgan fingerprint density at radius 1 is 1.10 bits per heavy atom. The lowest BCUT2D eigenvalue weighted by Gasteiger charge is -2.23. The van der Waals surface area contributed by atoms with E-state index < -0.39 is 0 Å². The second kappa shape index (κ2) is 9.28. The highest BCUT2D eigenvalue weighted by molar-refractivity contribution is 7.20. The van der Waals surface area contributed by atoms with E-state index in [-0.39, 0.29) is 5.91 Å². The van der Waals surface area contributed by atoms with Crippen LogP contribution in [0, 0.1) is 0 Å². The van der Waals surface area contributed by atoms with Crippen molar-refractivity contribution in [1.29, 1.82) is 0 Å². The van der Waals surface area contributed by atoms with Crippen molar-refractivity contribution in [3.05, 3.63) is 65.4 Å². The molecule has 160 valence electrons. The number of thiazole rings is 1. The molecule has 0 radical (unpaired) electrons. The van der Waals surface area contributed by atoms with Crippen LogP contribution in [0.5, 0.6) is 5.75 Å². The summed E-state index contributed by atoms with van der Waals surface area (Å²) in [6, 6.07) is 13.8. The number of benzene rings is 2. The predicted molar refractivity (Wildman–Crippen MR) is 123 cm³/mol. The third-order valence-corrected chi connectivity index (χ3v) is 6.05. The van der Waals surface area contributed by atoms with Crippen molar-refractivity contribution in [2.45, 2.75) is 6.54 Å². The number of hydrogen-bond donors (Lipinski definition) is 1. The van der Waals surface area contributed by atoms with Gasteiger partial charge in [-0.15, -0.1) is 11.3 Å². The molecule has 4 aromatic rings. The summed E-state index contributed by atoms with van der Waals surface area (Å²) in [5.41, 5.74) is 3.94. The Morgan fingerprint density at radius 3 is 2.58 bits per heavy atom. The van der Waals surface area contributed by atoms with Crippen molar-refractivity contribution in [3.63, 3.8) is 0 Å². The van der Waals surface area contributed by atoms with Crippen LogP contribution >= 0.6 is 11.3 Å². The minimum Gasteiger partial charge on any atom is -0.497 e. The van der Waals surface area contributed by atoms with Gasteiger partial charge in [-0.2, -0.15) is 5.10 Å². The van der Waals surface area contributed by atoms with Crippen LogP contribution in [0.15, 0.2) is 54.9 Å². The number of carbonyl (C=O) groups excluding carboxylic acids is 1. The summed E-state index contributed by atoms with van der Waals surface area (Å²) >= 11 is 1.43. The number of carbonyl (C=O) groups is 1. The molecule has 0 unspecified atom stereocenters. The van der Waals surface area contributed by atoms with Crippen molar-refractivity contribution >= 4 is 27.5 Å². The molecule has 31 heavy (non-hydrogen) atoms. The van der Waals surface area contributed by atoms with Crippen LogP contribution < -0.4 is 4.74 Å². The van der Waals surface area contributed by atoms with Gasteiger partial charge in [0.25, 0.3) is 5.91 Å². The van der Waals surface area contributed by atoms with E-state index in [4.69, 9.17) is 4.74 Å². The average Bonchev–Trinajstić information content (AvgIpc) is 3.46. The molecule has 0 atom stereocenters. The van der Waals surface area contributed by atoms with Crippen molar-refractivity contribution in [1.82, 2.24) is 25.0 Å². The molecule has 1 N–H and O–H groups in total. The zero-order valence-electron chi connectivity index (χ0n) is 17.8. The number of H-pyrrole nitrogens is 1. The largest absolute Gasteiger partial charge is 0.497 e. The van der Waals surface area contributed by atoms with Crippen LogP contribution in [0.25, 0.3) is 21.3 Å². The van der Waals surface area contributed by atoms with Gasteiger partial charge in [-0.05, 0) is 49.5 Å². The fourth-order valence-electron chi connectivity index (χ4n) is 3.26. The molecule has 4 rings (SSSR count). The topological polar surface area (TPSA) is 74.3 Å². The fourth-order valence-corrected chi connectivity index (χ4v) is 4.24. The van der Waals surface area contributed by atoms with Crippen molar-refractivity contribution in [2.24, 2.45) is 0 Å². The maximum absolute atomic E-state index is 13.4. The molecule has 2 aromatic carbocycles. The Morgan fingerprint density at radius 2 is 1.90 bits per heavy atom. The summed E-state index contributed by atoms with van der Waals surface area (Å²) in [6.45, 7) is 1.92. The van der Waals surface area contributed by atoms with Crippen LogP contribution in [0.1, 0.15) is 15.4 Å². The quantitative estimate of drug-likeness (QED) is 0.454. The molecule has 0 bridgehead atoms. The lowest BCUT2D eigenvalue weighted by atomic mass is 10.1. The van der Waals surface area contributed by atoms with E-state index in [2.05, 4.69) is 26.1 Å². The molecule has 2 heterocycles. The second-order valence-electron chi connectivity index (χ2n) is 7.57. The van der Waals surface area contributed by atoms with E-state index in [1.165, 1.54) is 11.3 Å². The van der Waals surface area contributed by atoms with Gasteiger partial charge in [0, 0.05) is 31.4 Å². The van der Waals surface area contributed by atoms with E-state index in [1.807, 2.05) is 61.6 Å². The Kier molecular flexibility index (Phi) is 6.29. The number of aromatic amines is 1. The number of ether oxygens (including phenoxy) is 1. The fraction of sp³-hybridized carbons (Fsp3) is 0.261. The number of nitrogens with zero attached hydrogens (tertiary/aromatic N) is 4. The lowest BCUT2D eigenvalue weighted by Crippen LogP contribution is -2.36. The maximum Gasteiger partial charge on any atom is 0.283 e. The first-order valence-electron chi connectivity index (χ1n) is 10.00. The Hall–Kier alpha value is -3.23. The number of rotatable bonds is 8. The standard InChI is InChI=1S/C23H25N5O2S/c1-27(2)10-11-28(15-16-4-7-19(30-3)8-5-16)23(29)22-26-20-9-6-17(12-21(20)31-22)18-13-24-25-14-18/h4-9,12-14H,10-11,15H2,1-3H3,(H,24,25). The Balaban J connectivity index is 1.59. The van der Waals surface area contributed by atoms with Gasteiger partial charge in [0.2, 0.25) is 0 Å². The number of fused-ring (bicyclic) bond motifs is 1. The first-order chi connectivity index (χ1) is 15.0. The van der Waals surface area contributed by atoms with Gasteiger partial charge in [0.05, 0.1) is 23.5 Å². The molecular formula is C23H25N5O2S. The first kappa shape index (κ1) is 21.0. The van der Waals surface area contributed by atoms with E-state index in [1.54, 1.807) is 13.3 Å². The molecule has 1 amide bonds. The first-order valence-corrected chi connectivity index (χ1v) is 10.8. The second-order valence-corrected chi connectivity index (χ2v) is 8.60. The Labute approximate surface area is 185 Å². The molecule has 8 heteroatoms. The molecule has 0 aliphatic carbocycles. The third-order valence-electron chi connectivity index (χ3n) is 5.04. The van der Waals surface area contributed by atoms with Crippen LogP contribution in [0.2, 0.25) is 0 Å². The summed E-state index contributed by atoms with van der Waals surface area (Å²) < 4.78 is 6.22. The summed E-state index contributed by atoms with van der Waals surface area (Å²) in [7, 11) is 5.66. The zero-order valence-corrected chi connectivity index (χ0v) is 18.6. The molecule has 0 aliphatic heterocycles. The molecular weight excluding hydrogens is 410 g/mol. The van der Waals surface area contributed by atoms with Crippen LogP contribution in [0.3, 0.4) is 0 Å². The number of nitrogens with one attached hydrogen (secondary N) is 1. The minimum absolute atomic E-state index is 0.0521. The number of hydrogen-bond acceptors (Lipinski definition) is 6. The number of methoxy groups -OCH3 is 1. The van der Waals surface area contributed by atoms with Gasteiger partial charge in [0.1, 0.15) is 5.75 Å². The highest BCUT2D eigenvalue weighted by Gasteiger charge is 2.21. The number of amides is 1. The Bertz CT molecular complexity index is 1150. The van der Waals surface area contributed by atoms with Gasteiger partial charge in [-0.3, -0.25) is 9.89 Å². The van der Waals surface area contributed by atoms with Gasteiger partial charge < -0.3 is 14.5 Å². The average molecular weight is 436 g/mol. The molecule has 0 saturated carbocycles. The predicted octanol–water partition coefficient (Wildman–Crippen LogP) is 3.90. The summed E-state index contributed by atoms with van der Waals surface area (Å²) in [5.74, 6) is 0.748. The zero-order chi connectivity index (χ0) is 21.8. The van der Waals surface area contributed by atoms with Crippen molar-refractivity contribution in [3.8, 4) is 16.9 Å². The van der Waals surface area contributed by atoms with Crippen LogP contribution in [-0.2, 0) is 6.54 Å². The van der Waals surface area contributed by atoms with Gasteiger partial charge in [-0.25, -0.2) is 4.98 Å². The van der Waals surface area contributed by atoms with Gasteiger partial charge in [0.15, 0.2) is 5.01 Å². The molecule has 7 nitrogen and oxygen atoms in total. The highest BCUT2D eigenvalue weighted by Crippen LogP contribution is 2.28. The summed E-state index contributed by atoms with van der Waals surface area (Å²) in [5, 5.41) is 7.35. The number of likely N-dealkylation sites (N-methyl/N-ethyl adjacent to an activating group) is 1. The molecule has 0 aliphatic rings. The van der Waals surface area contributed by atoms with E-state index in [0.29, 0.717) is 18.1 Å². The lowest BCUT2D eigenvalue weighted by molar-refractivity contribution is 0.0732. The van der Waals surface area contributed by atoms with Crippen LogP contribution in [0.4, 0.5) is 0 Å². The molecule has 0 spiro atoms. The van der Waals surface area contributed by atoms with E-state index in [9.17, 15) is 4.79 Å². The minimum atomic E-state index is -0.0521. The summed E-state index contributed by atoms with van der Waals surface area (Å²) in [4.78, 5) is 21.9. The molecule has 2 aromatic heterocycles. The molecule has 0 saturated heterocycles. The monoisotopic (exact) mass is 435 g/mol. The molecule has 0 fully saturated rings. The van der Waals surface area contributed by atoms with Gasteiger partial charge in [-0.1, -0.05) is 18.2 Å². The SMILES string of the molecule is COc1ccc(CN(CCN(C)C)C(=O)c2nc3ccc(-c4cn[nH]c4)cc3s2)cc1. The summed E-state index contributed by atoms with van der Waals surface area (Å²) in [6.07, 6.45) is 3.64. The van der Waals surface area contributed by atoms with E-state index >= 15 is 0 Å². The highest BCUT2D eigenvalue weighted by atomic mass is 32.1. The normalized spacial score (nSPS) is 11.2. The maximum atomic E-state index is 13.4. The third kappa shape index (κ3) is 4.92. The van der Waals surface area contributed by atoms with Crippen LogP contribution in [-0.4, -0.2) is 65.2 Å². The van der Waals surface area contributed by atoms with Gasteiger partial charge >= 0.3 is 0 Å². The number of aromatic nitrogens is 3. The van der Waals surface area contributed by atoms with E-state index in [0.717, 1.165) is 39.2 Å².